The van der Waals surface area contributed by atoms with Gasteiger partial charge in [-0.15, -0.1) is 0 Å². The van der Waals surface area contributed by atoms with Gasteiger partial charge in [0.2, 0.25) is 0 Å². The van der Waals surface area contributed by atoms with E-state index in [0.717, 1.165) is 12.0 Å². The van der Waals surface area contributed by atoms with Gasteiger partial charge in [-0.1, -0.05) is 0 Å². The van der Waals surface area contributed by atoms with Crippen LogP contribution in [0.25, 0.3) is 0 Å². The predicted octanol–water partition coefficient (Wildman–Crippen LogP) is 1.42. The fourth-order valence-electron chi connectivity index (χ4n) is 2.29. The Labute approximate surface area is 91.8 Å². The smallest absolute Gasteiger partial charge is 0.0223 e. The van der Waals surface area contributed by atoms with E-state index in [0.29, 0.717) is 0 Å². The molecule has 1 unspecified atom stereocenters. The van der Waals surface area contributed by atoms with Gasteiger partial charge in [-0.25, -0.2) is 0 Å². The van der Waals surface area contributed by atoms with Gasteiger partial charge in [0.25, 0.3) is 0 Å². The van der Waals surface area contributed by atoms with Crippen LogP contribution in [0.5, 0.6) is 0 Å². The zero-order valence-electron chi connectivity index (χ0n) is 9.17. The van der Waals surface area contributed by atoms with Crippen molar-refractivity contribution < 1.29 is 0 Å². The van der Waals surface area contributed by atoms with Crippen molar-refractivity contribution in [2.75, 3.05) is 38.2 Å². The van der Waals surface area contributed by atoms with Gasteiger partial charge in [-0.2, -0.15) is 11.8 Å². The van der Waals surface area contributed by atoms with Gasteiger partial charge in [0.1, 0.15) is 0 Å². The fourth-order valence-corrected chi connectivity index (χ4v) is 2.71. The molecule has 2 aliphatic rings. The van der Waals surface area contributed by atoms with E-state index in [1.165, 1.54) is 51.2 Å². The van der Waals surface area contributed by atoms with Gasteiger partial charge in [0.05, 0.1) is 0 Å². The van der Waals surface area contributed by atoms with Crippen LogP contribution < -0.4 is 5.32 Å². The first-order valence-electron chi connectivity index (χ1n) is 5.85. The molecule has 82 valence electrons. The van der Waals surface area contributed by atoms with Crippen molar-refractivity contribution in [2.45, 2.75) is 25.3 Å². The molecular weight excluding hydrogens is 192 g/mol. The minimum absolute atomic E-state index is 0.818. The third-order valence-electron chi connectivity index (χ3n) is 3.30. The number of thioether (sulfide) groups is 1. The van der Waals surface area contributed by atoms with Crippen molar-refractivity contribution in [3.8, 4) is 0 Å². The lowest BCUT2D eigenvalue weighted by Gasteiger charge is -2.33. The van der Waals surface area contributed by atoms with Gasteiger partial charge < -0.3 is 10.2 Å². The monoisotopic (exact) mass is 214 g/mol. The lowest BCUT2D eigenvalue weighted by Crippen LogP contribution is -2.51. The molecule has 0 amide bonds. The molecule has 0 bridgehead atoms. The molecule has 0 aromatic rings. The first-order chi connectivity index (χ1) is 6.90. The molecule has 1 heterocycles. The van der Waals surface area contributed by atoms with E-state index in [-0.39, 0.29) is 0 Å². The lowest BCUT2D eigenvalue weighted by atomic mass is 10.1. The summed E-state index contributed by atoms with van der Waals surface area (Å²) in [6, 6.07) is 0.818. The molecule has 2 nitrogen and oxygen atoms in total. The molecule has 0 aromatic carbocycles. The number of rotatable bonds is 5. The zero-order valence-corrected chi connectivity index (χ0v) is 9.98. The van der Waals surface area contributed by atoms with Crippen LogP contribution in [0.2, 0.25) is 0 Å². The maximum atomic E-state index is 3.65. The summed E-state index contributed by atoms with van der Waals surface area (Å²) < 4.78 is 0. The van der Waals surface area contributed by atoms with Crippen molar-refractivity contribution in [1.29, 1.82) is 0 Å². The predicted molar refractivity (Wildman–Crippen MR) is 64.0 cm³/mol. The van der Waals surface area contributed by atoms with E-state index in [1.54, 1.807) is 0 Å². The van der Waals surface area contributed by atoms with Crippen molar-refractivity contribution in [3.05, 3.63) is 0 Å². The molecule has 1 aliphatic carbocycles. The Morgan fingerprint density at radius 1 is 1.43 bits per heavy atom. The molecule has 14 heavy (non-hydrogen) atoms. The largest absolute Gasteiger partial charge is 0.311 e. The maximum absolute atomic E-state index is 3.65. The number of nitrogens with zero attached hydrogens (tertiary/aromatic N) is 1. The number of hydrogen-bond donors (Lipinski definition) is 1. The van der Waals surface area contributed by atoms with Crippen LogP contribution in [0.1, 0.15) is 19.3 Å². The molecule has 1 atom stereocenters. The summed E-state index contributed by atoms with van der Waals surface area (Å²) in [5, 5.41) is 3.65. The number of hydrogen-bond acceptors (Lipinski definition) is 3. The molecule has 1 aliphatic heterocycles. The highest BCUT2D eigenvalue weighted by atomic mass is 32.2. The second-order valence-electron chi connectivity index (χ2n) is 4.55. The van der Waals surface area contributed by atoms with E-state index in [1.807, 2.05) is 11.8 Å². The van der Waals surface area contributed by atoms with Crippen molar-refractivity contribution >= 4 is 11.8 Å². The SMILES string of the molecule is CSCCCN1CCNC(C2CC2)C1. The Morgan fingerprint density at radius 3 is 3.00 bits per heavy atom. The van der Waals surface area contributed by atoms with Crippen molar-refractivity contribution in [2.24, 2.45) is 5.92 Å². The normalized spacial score (nSPS) is 29.4. The fraction of sp³-hybridized carbons (Fsp3) is 1.00. The van der Waals surface area contributed by atoms with Crippen LogP contribution in [0.15, 0.2) is 0 Å². The second kappa shape index (κ2) is 5.38. The van der Waals surface area contributed by atoms with Crippen molar-refractivity contribution in [3.63, 3.8) is 0 Å². The van der Waals surface area contributed by atoms with Gasteiger partial charge in [0, 0.05) is 25.7 Å². The molecule has 0 radical (unpaired) electrons. The molecule has 2 rings (SSSR count). The summed E-state index contributed by atoms with van der Waals surface area (Å²) in [6.07, 6.45) is 6.50. The Bertz CT molecular complexity index is 171. The van der Waals surface area contributed by atoms with Crippen LogP contribution in [-0.4, -0.2) is 49.1 Å². The minimum Gasteiger partial charge on any atom is -0.311 e. The zero-order chi connectivity index (χ0) is 9.80. The average molecular weight is 214 g/mol. The van der Waals surface area contributed by atoms with Crippen LogP contribution in [0, 0.1) is 5.92 Å². The van der Waals surface area contributed by atoms with Crippen LogP contribution in [0.3, 0.4) is 0 Å². The summed E-state index contributed by atoms with van der Waals surface area (Å²) in [5.41, 5.74) is 0. The molecule has 1 N–H and O–H groups in total. The third-order valence-corrected chi connectivity index (χ3v) is 4.00. The quantitative estimate of drug-likeness (QED) is 0.697. The van der Waals surface area contributed by atoms with Crippen LogP contribution in [0.4, 0.5) is 0 Å². The topological polar surface area (TPSA) is 15.3 Å². The summed E-state index contributed by atoms with van der Waals surface area (Å²) >= 11 is 1.97. The van der Waals surface area contributed by atoms with E-state index >= 15 is 0 Å². The lowest BCUT2D eigenvalue weighted by molar-refractivity contribution is 0.189. The summed E-state index contributed by atoms with van der Waals surface area (Å²) in [6.45, 7) is 5.09. The van der Waals surface area contributed by atoms with E-state index < -0.39 is 0 Å². The van der Waals surface area contributed by atoms with Gasteiger partial charge >= 0.3 is 0 Å². The van der Waals surface area contributed by atoms with E-state index in [4.69, 9.17) is 0 Å². The Hall–Kier alpha value is 0.270. The molecular formula is C11H22N2S. The summed E-state index contributed by atoms with van der Waals surface area (Å²) in [5.74, 6) is 2.33. The maximum Gasteiger partial charge on any atom is 0.0223 e. The van der Waals surface area contributed by atoms with Crippen molar-refractivity contribution in [1.82, 2.24) is 10.2 Å². The first-order valence-corrected chi connectivity index (χ1v) is 7.24. The highest BCUT2D eigenvalue weighted by Crippen LogP contribution is 2.33. The minimum atomic E-state index is 0.818. The average Bonchev–Trinajstić information content (AvgIpc) is 3.02. The number of piperazine rings is 1. The van der Waals surface area contributed by atoms with Crippen LogP contribution in [-0.2, 0) is 0 Å². The van der Waals surface area contributed by atoms with Gasteiger partial charge in [-0.05, 0) is 43.7 Å². The van der Waals surface area contributed by atoms with Gasteiger partial charge in [0.15, 0.2) is 0 Å². The molecule has 0 aromatic heterocycles. The molecule has 1 saturated carbocycles. The van der Waals surface area contributed by atoms with E-state index in [2.05, 4.69) is 16.5 Å². The summed E-state index contributed by atoms with van der Waals surface area (Å²) in [7, 11) is 0. The number of nitrogens with one attached hydrogen (secondary N) is 1. The molecule has 1 saturated heterocycles. The summed E-state index contributed by atoms with van der Waals surface area (Å²) in [4.78, 5) is 2.65. The van der Waals surface area contributed by atoms with E-state index in [9.17, 15) is 0 Å². The van der Waals surface area contributed by atoms with Crippen LogP contribution >= 0.6 is 11.8 Å². The first kappa shape index (κ1) is 10.8. The third kappa shape index (κ3) is 3.14. The standard InChI is InChI=1S/C11H22N2S/c1-14-8-2-6-13-7-5-12-11(9-13)10-3-4-10/h10-12H,2-9H2,1H3. The van der Waals surface area contributed by atoms with Gasteiger partial charge in [-0.3, -0.25) is 0 Å². The Balaban J connectivity index is 1.65. The molecule has 2 fully saturated rings. The Morgan fingerprint density at radius 2 is 2.29 bits per heavy atom. The highest BCUT2D eigenvalue weighted by molar-refractivity contribution is 7.98. The second-order valence-corrected chi connectivity index (χ2v) is 5.53. The molecule has 3 heteroatoms. The molecule has 0 spiro atoms. The highest BCUT2D eigenvalue weighted by Gasteiger charge is 2.33. The Kier molecular flexibility index (Phi) is 4.14.